The third kappa shape index (κ3) is 12.3. The topological polar surface area (TPSA) is 262 Å². The Morgan fingerprint density at radius 2 is 0.936 bits per heavy atom. The van der Waals surface area contributed by atoms with Crippen molar-refractivity contribution in [1.29, 1.82) is 5.41 Å². The molecule has 2 rings (SSSR count). The molecule has 0 amide bonds. The van der Waals surface area contributed by atoms with Crippen LogP contribution in [0.15, 0.2) is 0 Å². The van der Waals surface area contributed by atoms with Gasteiger partial charge < -0.3 is 53.1 Å². The standard InChI is InChI=1S/C27H38N2O17S/c1-10(30)37-8-17-19(39-12(3)32)21(40-13(4)33)23(42-15(6)35)25(44-17)46-20-18(9-38-11(2)31)45-26(47-27(28)29)24(43-16(7)36)22(20)41-14(5)34/h17-26H,8-9H2,1-7H3,(H3,28,29)/t17-,18-,19+,20-,21+,22+,23-,24-,25+,26+/m1/s1. The molecule has 0 aromatic carbocycles. The number of nitrogens with one attached hydrogen (secondary N) is 1. The minimum absolute atomic E-state index is 0.473. The summed E-state index contributed by atoms with van der Waals surface area (Å²) in [6.45, 7) is 6.26. The number of ether oxygens (including phenoxy) is 10. The third-order valence-electron chi connectivity index (χ3n) is 6.13. The number of hydrogen-bond donors (Lipinski definition) is 2. The maximum Gasteiger partial charge on any atom is 0.303 e. The largest absolute Gasteiger partial charge is 0.463 e. The molecule has 0 aliphatic carbocycles. The van der Waals surface area contributed by atoms with E-state index < -0.39 is 121 Å². The van der Waals surface area contributed by atoms with Gasteiger partial charge in [-0.25, -0.2) is 0 Å². The number of rotatable bonds is 12. The van der Waals surface area contributed by atoms with Crippen molar-refractivity contribution in [1.82, 2.24) is 0 Å². The third-order valence-corrected chi connectivity index (χ3v) is 6.99. The van der Waals surface area contributed by atoms with Gasteiger partial charge in [-0.2, -0.15) is 0 Å². The molecule has 20 heteroatoms. The molecule has 0 bridgehead atoms. The van der Waals surface area contributed by atoms with Crippen LogP contribution >= 0.6 is 11.8 Å². The zero-order valence-electron chi connectivity index (χ0n) is 26.6. The maximum atomic E-state index is 12.3. The summed E-state index contributed by atoms with van der Waals surface area (Å²) in [6, 6.07) is 0. The van der Waals surface area contributed by atoms with E-state index in [-0.39, 0.29) is 0 Å². The second-order valence-electron chi connectivity index (χ2n) is 10.1. The highest BCUT2D eigenvalue weighted by molar-refractivity contribution is 8.14. The summed E-state index contributed by atoms with van der Waals surface area (Å²) >= 11 is 0.594. The minimum Gasteiger partial charge on any atom is -0.463 e. The fraction of sp³-hybridized carbons (Fsp3) is 0.704. The van der Waals surface area contributed by atoms with Crippen LogP contribution < -0.4 is 5.73 Å². The lowest BCUT2D eigenvalue weighted by molar-refractivity contribution is -0.341. The fourth-order valence-corrected chi connectivity index (χ4v) is 5.49. The molecule has 264 valence electrons. The van der Waals surface area contributed by atoms with Gasteiger partial charge >= 0.3 is 41.8 Å². The number of carbonyl (C=O) groups is 7. The first-order valence-electron chi connectivity index (χ1n) is 14.0. The Labute approximate surface area is 273 Å². The zero-order chi connectivity index (χ0) is 35.6. The second kappa shape index (κ2) is 17.8. The van der Waals surface area contributed by atoms with E-state index in [1.807, 2.05) is 0 Å². The van der Waals surface area contributed by atoms with E-state index in [9.17, 15) is 33.6 Å². The van der Waals surface area contributed by atoms with Gasteiger partial charge in [-0.3, -0.25) is 39.0 Å². The molecule has 47 heavy (non-hydrogen) atoms. The Hall–Kier alpha value is -4.01. The Balaban J connectivity index is 2.73. The fourth-order valence-electron chi connectivity index (χ4n) is 4.69. The Bertz CT molecular complexity index is 1210. The van der Waals surface area contributed by atoms with E-state index >= 15 is 0 Å². The normalized spacial score (nSPS) is 30.1. The summed E-state index contributed by atoms with van der Waals surface area (Å²) in [5.41, 5.74) is 4.27. The molecule has 2 fully saturated rings. The van der Waals surface area contributed by atoms with Crippen LogP contribution in [0.2, 0.25) is 0 Å². The lowest BCUT2D eigenvalue weighted by Gasteiger charge is -2.48. The van der Waals surface area contributed by atoms with Gasteiger partial charge in [0.2, 0.25) is 0 Å². The van der Waals surface area contributed by atoms with Gasteiger partial charge in [0.25, 0.3) is 0 Å². The summed E-state index contributed by atoms with van der Waals surface area (Å²) in [6.07, 6.45) is -14.0. The molecule has 2 aliphatic heterocycles. The molecule has 0 aromatic rings. The number of esters is 7. The van der Waals surface area contributed by atoms with Crippen LogP contribution in [0.3, 0.4) is 0 Å². The molecule has 3 N–H and O–H groups in total. The van der Waals surface area contributed by atoms with Gasteiger partial charge in [-0.05, 0) is 0 Å². The second-order valence-corrected chi connectivity index (χ2v) is 11.3. The predicted octanol–water partition coefficient (Wildman–Crippen LogP) is -0.767. The van der Waals surface area contributed by atoms with E-state index in [0.717, 1.165) is 48.5 Å². The van der Waals surface area contributed by atoms with Crippen molar-refractivity contribution in [2.24, 2.45) is 5.73 Å². The van der Waals surface area contributed by atoms with Crippen LogP contribution in [0.5, 0.6) is 0 Å². The highest BCUT2D eigenvalue weighted by Crippen LogP contribution is 2.37. The van der Waals surface area contributed by atoms with Gasteiger partial charge in [0.05, 0.1) is 0 Å². The number of hydrogen-bond acceptors (Lipinski definition) is 19. The van der Waals surface area contributed by atoms with Crippen LogP contribution in [0.4, 0.5) is 0 Å². The lowest BCUT2D eigenvalue weighted by atomic mass is 9.96. The van der Waals surface area contributed by atoms with Gasteiger partial charge in [-0.15, -0.1) is 0 Å². The summed E-state index contributed by atoms with van der Waals surface area (Å²) in [5, 5.41) is 7.27. The van der Waals surface area contributed by atoms with E-state index in [2.05, 4.69) is 0 Å². The van der Waals surface area contributed by atoms with Crippen molar-refractivity contribution in [3.8, 4) is 0 Å². The molecular formula is C27H38N2O17S. The first-order valence-corrected chi connectivity index (χ1v) is 14.9. The predicted molar refractivity (Wildman–Crippen MR) is 153 cm³/mol. The molecule has 0 saturated carbocycles. The molecule has 2 aliphatic rings. The van der Waals surface area contributed by atoms with Crippen molar-refractivity contribution in [2.45, 2.75) is 109 Å². The molecule has 0 radical (unpaired) electrons. The maximum absolute atomic E-state index is 12.3. The van der Waals surface area contributed by atoms with Crippen molar-refractivity contribution < 1.29 is 80.9 Å². The van der Waals surface area contributed by atoms with Crippen LogP contribution in [0.25, 0.3) is 0 Å². The highest BCUT2D eigenvalue weighted by Gasteiger charge is 2.57. The molecule has 19 nitrogen and oxygen atoms in total. The smallest absolute Gasteiger partial charge is 0.303 e. The van der Waals surface area contributed by atoms with E-state index in [0.29, 0.717) is 11.8 Å². The summed E-state index contributed by atoms with van der Waals surface area (Å²) < 4.78 is 55.5. The molecule has 0 aromatic heterocycles. The van der Waals surface area contributed by atoms with Gasteiger partial charge in [0.1, 0.15) is 31.5 Å². The lowest BCUT2D eigenvalue weighted by Crippen LogP contribution is -2.67. The number of carbonyl (C=O) groups excluding carboxylic acids is 7. The molecule has 10 atom stereocenters. The van der Waals surface area contributed by atoms with Crippen LogP contribution in [-0.4, -0.2) is 121 Å². The highest BCUT2D eigenvalue weighted by atomic mass is 32.2. The Morgan fingerprint density at radius 3 is 1.36 bits per heavy atom. The Morgan fingerprint density at radius 1 is 0.553 bits per heavy atom. The summed E-state index contributed by atoms with van der Waals surface area (Å²) in [5.74, 6) is -5.93. The van der Waals surface area contributed by atoms with Crippen LogP contribution in [0.1, 0.15) is 48.5 Å². The minimum atomic E-state index is -1.79. The monoisotopic (exact) mass is 694 g/mol. The van der Waals surface area contributed by atoms with Crippen molar-refractivity contribution in [3.05, 3.63) is 0 Å². The number of nitrogens with two attached hydrogens (primary N) is 1. The quantitative estimate of drug-likeness (QED) is 0.110. The average Bonchev–Trinajstić information content (AvgIpc) is 2.91. The number of thioether (sulfide) groups is 1. The molecule has 0 spiro atoms. The first-order chi connectivity index (χ1) is 21.9. The number of amidine groups is 1. The first kappa shape index (κ1) is 39.2. The van der Waals surface area contributed by atoms with E-state index in [1.165, 1.54) is 0 Å². The van der Waals surface area contributed by atoms with Crippen molar-refractivity contribution in [3.63, 3.8) is 0 Å². The zero-order valence-corrected chi connectivity index (χ0v) is 27.4. The molecule has 2 saturated heterocycles. The molecule has 0 unspecified atom stereocenters. The van der Waals surface area contributed by atoms with E-state index in [4.69, 9.17) is 58.5 Å². The van der Waals surface area contributed by atoms with Crippen molar-refractivity contribution >= 4 is 58.7 Å². The SMILES string of the molecule is CC(=O)OC[C@H]1O[C@@H](O[C@H]2[C@H](OC(C)=O)[C@@H](OC(C)=O)[C@H](SC(=N)N)O[C@@H]2COC(C)=O)[C@H](OC(C)=O)[C@@H](OC(C)=O)[C@H]1OC(C)=O. The van der Waals surface area contributed by atoms with E-state index in [1.54, 1.807) is 0 Å². The van der Waals surface area contributed by atoms with Gasteiger partial charge in [-0.1, -0.05) is 11.8 Å². The molecule has 2 heterocycles. The van der Waals surface area contributed by atoms with Crippen LogP contribution in [-0.2, 0) is 80.9 Å². The Kier molecular flexibility index (Phi) is 14.8. The average molecular weight is 695 g/mol. The van der Waals surface area contributed by atoms with Crippen molar-refractivity contribution in [2.75, 3.05) is 13.2 Å². The van der Waals surface area contributed by atoms with Gasteiger partial charge in [0.15, 0.2) is 47.4 Å². The molecular weight excluding hydrogens is 656 g/mol. The van der Waals surface area contributed by atoms with Crippen LogP contribution in [0, 0.1) is 5.41 Å². The summed E-state index contributed by atoms with van der Waals surface area (Å²) in [4.78, 5) is 84.5. The summed E-state index contributed by atoms with van der Waals surface area (Å²) in [7, 11) is 0. The van der Waals surface area contributed by atoms with Gasteiger partial charge in [0, 0.05) is 48.5 Å².